The minimum atomic E-state index is -0.807. The smallest absolute Gasteiger partial charge is 0.220 e. The lowest BCUT2D eigenvalue weighted by molar-refractivity contribution is 0.423. The molecule has 18 heavy (non-hydrogen) atoms. The van der Waals surface area contributed by atoms with Crippen LogP contribution in [0.3, 0.4) is 0 Å². The Bertz CT molecular complexity index is 638. The predicted molar refractivity (Wildman–Crippen MR) is 59.8 cm³/mol. The summed E-state index contributed by atoms with van der Waals surface area (Å²) in [6, 6.07) is 6.30. The third-order valence-electron chi connectivity index (χ3n) is 2.13. The largest absolute Gasteiger partial charge is 0.436 e. The summed E-state index contributed by atoms with van der Waals surface area (Å²) in [6.45, 7) is 0. The van der Waals surface area contributed by atoms with Crippen LogP contribution in [0.1, 0.15) is 5.56 Å². The number of pyridine rings is 1. The number of anilines is 1. The van der Waals surface area contributed by atoms with Crippen molar-refractivity contribution in [3.63, 3.8) is 0 Å². The number of hydrogen-bond acceptors (Lipinski definition) is 4. The number of ether oxygens (including phenoxy) is 1. The lowest BCUT2D eigenvalue weighted by Gasteiger charge is -2.07. The van der Waals surface area contributed by atoms with Crippen LogP contribution >= 0.6 is 0 Å². The van der Waals surface area contributed by atoms with E-state index in [1.54, 1.807) is 0 Å². The summed E-state index contributed by atoms with van der Waals surface area (Å²) >= 11 is 0. The molecule has 1 heterocycles. The van der Waals surface area contributed by atoms with E-state index in [-0.39, 0.29) is 17.3 Å². The third-order valence-corrected chi connectivity index (χ3v) is 2.13. The first-order valence-corrected chi connectivity index (χ1v) is 4.88. The molecule has 2 rings (SSSR count). The zero-order valence-electron chi connectivity index (χ0n) is 9.02. The van der Waals surface area contributed by atoms with Crippen LogP contribution in [-0.2, 0) is 0 Å². The number of benzene rings is 1. The van der Waals surface area contributed by atoms with Crippen molar-refractivity contribution in [3.8, 4) is 17.7 Å². The molecular weight excluding hydrogens is 240 g/mol. The Morgan fingerprint density at radius 3 is 2.72 bits per heavy atom. The van der Waals surface area contributed by atoms with E-state index in [9.17, 15) is 8.78 Å². The predicted octanol–water partition coefficient (Wildman–Crippen LogP) is 2.61. The van der Waals surface area contributed by atoms with Gasteiger partial charge in [0.15, 0.2) is 11.6 Å². The molecule has 90 valence electrons. The number of nitriles is 1. The van der Waals surface area contributed by atoms with Crippen molar-refractivity contribution in [1.82, 2.24) is 4.98 Å². The number of nitrogens with zero attached hydrogens (tertiary/aromatic N) is 2. The second-order valence-corrected chi connectivity index (χ2v) is 3.40. The first kappa shape index (κ1) is 11.8. The summed E-state index contributed by atoms with van der Waals surface area (Å²) in [5.41, 5.74) is 5.19. The van der Waals surface area contributed by atoms with Gasteiger partial charge in [-0.2, -0.15) is 5.26 Å². The molecule has 0 aliphatic heterocycles. The van der Waals surface area contributed by atoms with E-state index in [1.807, 2.05) is 6.07 Å². The molecule has 1 aromatic carbocycles. The van der Waals surface area contributed by atoms with Crippen LogP contribution in [0.25, 0.3) is 0 Å². The van der Waals surface area contributed by atoms with E-state index in [2.05, 4.69) is 4.98 Å². The van der Waals surface area contributed by atoms with Crippen molar-refractivity contribution in [2.45, 2.75) is 0 Å². The Morgan fingerprint density at radius 1 is 1.22 bits per heavy atom. The fraction of sp³-hybridized carbons (Fsp3) is 0. The van der Waals surface area contributed by atoms with Crippen molar-refractivity contribution >= 4 is 5.69 Å². The van der Waals surface area contributed by atoms with Crippen molar-refractivity contribution in [1.29, 1.82) is 5.26 Å². The van der Waals surface area contributed by atoms with E-state index in [4.69, 9.17) is 15.7 Å². The maximum Gasteiger partial charge on any atom is 0.220 e. The van der Waals surface area contributed by atoms with Gasteiger partial charge in [-0.05, 0) is 6.07 Å². The molecule has 0 unspecified atom stereocenters. The monoisotopic (exact) mass is 247 g/mol. The van der Waals surface area contributed by atoms with E-state index in [0.29, 0.717) is 5.56 Å². The number of nitrogens with two attached hydrogens (primary N) is 1. The first-order chi connectivity index (χ1) is 8.60. The lowest BCUT2D eigenvalue weighted by Crippen LogP contribution is -1.96. The molecule has 0 saturated heterocycles. The second-order valence-electron chi connectivity index (χ2n) is 3.40. The van der Waals surface area contributed by atoms with Crippen LogP contribution < -0.4 is 10.5 Å². The van der Waals surface area contributed by atoms with E-state index >= 15 is 0 Å². The Labute approximate surface area is 101 Å². The van der Waals surface area contributed by atoms with Crippen LogP contribution in [0.4, 0.5) is 14.5 Å². The topological polar surface area (TPSA) is 71.9 Å². The lowest BCUT2D eigenvalue weighted by atomic mass is 10.2. The van der Waals surface area contributed by atoms with Crippen LogP contribution in [0.2, 0.25) is 0 Å². The molecule has 2 aromatic rings. The van der Waals surface area contributed by atoms with Gasteiger partial charge in [-0.15, -0.1) is 0 Å². The zero-order valence-corrected chi connectivity index (χ0v) is 9.02. The van der Waals surface area contributed by atoms with Crippen molar-refractivity contribution in [3.05, 3.63) is 47.7 Å². The molecule has 0 radical (unpaired) electrons. The summed E-state index contributed by atoms with van der Waals surface area (Å²) < 4.78 is 31.7. The van der Waals surface area contributed by atoms with Gasteiger partial charge in [0.1, 0.15) is 5.82 Å². The molecule has 0 bridgehead atoms. The van der Waals surface area contributed by atoms with Crippen LogP contribution in [0.15, 0.2) is 30.5 Å². The number of hydrogen-bond donors (Lipinski definition) is 1. The summed E-state index contributed by atoms with van der Waals surface area (Å²) in [5, 5.41) is 8.68. The van der Waals surface area contributed by atoms with Gasteiger partial charge in [0.2, 0.25) is 5.88 Å². The number of aromatic nitrogens is 1. The molecule has 4 nitrogen and oxygen atoms in total. The first-order valence-electron chi connectivity index (χ1n) is 4.88. The summed E-state index contributed by atoms with van der Waals surface area (Å²) in [7, 11) is 0. The second kappa shape index (κ2) is 4.67. The highest BCUT2D eigenvalue weighted by molar-refractivity contribution is 5.45. The Kier molecular flexibility index (Phi) is 3.06. The zero-order chi connectivity index (χ0) is 13.1. The number of halogens is 2. The van der Waals surface area contributed by atoms with Gasteiger partial charge in [0.25, 0.3) is 0 Å². The Morgan fingerprint density at radius 2 is 2.00 bits per heavy atom. The molecule has 1 aromatic heterocycles. The molecule has 6 heteroatoms. The van der Waals surface area contributed by atoms with E-state index in [1.165, 1.54) is 18.3 Å². The van der Waals surface area contributed by atoms with Gasteiger partial charge in [0.05, 0.1) is 17.3 Å². The third kappa shape index (κ3) is 2.35. The molecule has 0 fully saturated rings. The molecule has 0 aliphatic carbocycles. The normalized spacial score (nSPS) is 9.83. The molecule has 0 atom stereocenters. The quantitative estimate of drug-likeness (QED) is 0.828. The SMILES string of the molecule is N#Cc1ccnc(Oc2cc(F)c(N)cc2F)c1. The van der Waals surface area contributed by atoms with Gasteiger partial charge in [0, 0.05) is 24.4 Å². The maximum atomic E-state index is 13.4. The molecule has 0 aliphatic rings. The summed E-state index contributed by atoms with van der Waals surface area (Å²) in [6.07, 6.45) is 1.33. The molecule has 0 amide bonds. The maximum absolute atomic E-state index is 13.4. The van der Waals surface area contributed by atoms with Crippen LogP contribution in [0.5, 0.6) is 11.6 Å². The van der Waals surface area contributed by atoms with Gasteiger partial charge in [-0.25, -0.2) is 13.8 Å². The highest BCUT2D eigenvalue weighted by Gasteiger charge is 2.10. The van der Waals surface area contributed by atoms with Gasteiger partial charge >= 0.3 is 0 Å². The minimum Gasteiger partial charge on any atom is -0.436 e. The van der Waals surface area contributed by atoms with Crippen molar-refractivity contribution in [2.24, 2.45) is 0 Å². The fourth-order valence-electron chi connectivity index (χ4n) is 1.27. The molecule has 0 saturated carbocycles. The average Bonchev–Trinajstić information content (AvgIpc) is 2.36. The average molecular weight is 247 g/mol. The molecule has 2 N–H and O–H groups in total. The number of rotatable bonds is 2. The van der Waals surface area contributed by atoms with Crippen LogP contribution in [0, 0.1) is 23.0 Å². The van der Waals surface area contributed by atoms with Gasteiger partial charge < -0.3 is 10.5 Å². The minimum absolute atomic E-state index is 0.00267. The van der Waals surface area contributed by atoms with Crippen molar-refractivity contribution in [2.75, 3.05) is 5.73 Å². The summed E-state index contributed by atoms with van der Waals surface area (Å²) in [4.78, 5) is 3.78. The van der Waals surface area contributed by atoms with Gasteiger partial charge in [-0.3, -0.25) is 0 Å². The Hall–Kier alpha value is -2.68. The van der Waals surface area contributed by atoms with E-state index < -0.39 is 11.6 Å². The van der Waals surface area contributed by atoms with Crippen molar-refractivity contribution < 1.29 is 13.5 Å². The van der Waals surface area contributed by atoms with Crippen LogP contribution in [-0.4, -0.2) is 4.98 Å². The molecular formula is C12H7F2N3O. The van der Waals surface area contributed by atoms with Gasteiger partial charge in [-0.1, -0.05) is 0 Å². The Balaban J connectivity index is 2.34. The molecule has 0 spiro atoms. The highest BCUT2D eigenvalue weighted by Crippen LogP contribution is 2.27. The summed E-state index contributed by atoms with van der Waals surface area (Å²) in [5.74, 6) is -1.94. The highest BCUT2D eigenvalue weighted by atomic mass is 19.1. The standard InChI is InChI=1S/C12H7F2N3O/c13-8-5-11(9(14)4-10(8)16)18-12-3-7(6-15)1-2-17-12/h1-5H,16H2. The van der Waals surface area contributed by atoms with E-state index in [0.717, 1.165) is 12.1 Å². The number of nitrogen functional groups attached to an aromatic ring is 1. The fourth-order valence-corrected chi connectivity index (χ4v) is 1.27.